The molecule has 2 unspecified atom stereocenters. The van der Waals surface area contributed by atoms with Crippen molar-refractivity contribution >= 4 is 5.97 Å². The highest BCUT2D eigenvalue weighted by Gasteiger charge is 2.64. The summed E-state index contributed by atoms with van der Waals surface area (Å²) in [5.74, 6) is -6.17. The third-order valence-electron chi connectivity index (χ3n) is 3.03. The number of carbonyl (C=O) groups excluding carboxylic acids is 1. The van der Waals surface area contributed by atoms with Gasteiger partial charge in [-0.25, -0.2) is 4.79 Å². The lowest BCUT2D eigenvalue weighted by Crippen LogP contribution is -2.58. The molecular weight excluding hydrogens is 220 g/mol. The molecule has 1 heterocycles. The maximum atomic E-state index is 13.8. The van der Waals surface area contributed by atoms with Crippen LogP contribution in [0.4, 0.5) is 8.78 Å². The molecule has 1 aliphatic rings. The van der Waals surface area contributed by atoms with Gasteiger partial charge in [0.05, 0.1) is 6.61 Å². The summed E-state index contributed by atoms with van der Waals surface area (Å²) >= 11 is 0. The Balaban J connectivity index is 2.92. The number of halogens is 2. The molecule has 94 valence electrons. The van der Waals surface area contributed by atoms with E-state index >= 15 is 0 Å². The van der Waals surface area contributed by atoms with Crippen molar-refractivity contribution in [2.45, 2.75) is 31.8 Å². The molecule has 1 saturated heterocycles. The van der Waals surface area contributed by atoms with Crippen LogP contribution in [0.2, 0.25) is 0 Å². The van der Waals surface area contributed by atoms with E-state index in [1.807, 2.05) is 0 Å². The fourth-order valence-electron chi connectivity index (χ4n) is 2.00. The Kier molecular flexibility index (Phi) is 3.85. The maximum absolute atomic E-state index is 13.8. The fourth-order valence-corrected chi connectivity index (χ4v) is 2.00. The van der Waals surface area contributed by atoms with Gasteiger partial charge in [-0.2, -0.15) is 8.78 Å². The molecule has 0 amide bonds. The van der Waals surface area contributed by atoms with Crippen LogP contribution in [0.15, 0.2) is 0 Å². The lowest BCUT2D eigenvalue weighted by Gasteiger charge is -2.34. The molecule has 0 aromatic carbocycles. The van der Waals surface area contributed by atoms with Gasteiger partial charge in [0.15, 0.2) is 5.60 Å². The van der Waals surface area contributed by atoms with Crippen LogP contribution in [-0.2, 0) is 9.53 Å². The van der Waals surface area contributed by atoms with Gasteiger partial charge in [0.1, 0.15) is 0 Å². The molecule has 2 N–H and O–H groups in total. The Morgan fingerprint density at radius 2 is 2.25 bits per heavy atom. The van der Waals surface area contributed by atoms with Crippen molar-refractivity contribution in [3.8, 4) is 0 Å². The quantitative estimate of drug-likeness (QED) is 0.701. The van der Waals surface area contributed by atoms with Gasteiger partial charge in [-0.1, -0.05) is 6.92 Å². The molecule has 0 bridgehead atoms. The van der Waals surface area contributed by atoms with E-state index < -0.39 is 23.4 Å². The summed E-state index contributed by atoms with van der Waals surface area (Å²) in [5, 5.41) is 12.6. The summed E-state index contributed by atoms with van der Waals surface area (Å²) in [6.45, 7) is 3.00. The SMILES string of the molecule is CCOC(=O)C(F)(F)C1(O)CNCC1CC. The van der Waals surface area contributed by atoms with Crippen molar-refractivity contribution in [2.75, 3.05) is 19.7 Å². The molecule has 4 nitrogen and oxygen atoms in total. The molecule has 1 aliphatic heterocycles. The number of alkyl halides is 2. The molecule has 6 heteroatoms. The molecule has 2 atom stereocenters. The van der Waals surface area contributed by atoms with E-state index in [9.17, 15) is 18.7 Å². The second-order valence-electron chi connectivity index (χ2n) is 3.96. The third-order valence-corrected chi connectivity index (χ3v) is 3.03. The summed E-state index contributed by atoms with van der Waals surface area (Å²) < 4.78 is 31.8. The van der Waals surface area contributed by atoms with Crippen molar-refractivity contribution in [1.29, 1.82) is 0 Å². The predicted octanol–water partition coefficient (Wildman–Crippen LogP) is 0.545. The highest BCUT2D eigenvalue weighted by molar-refractivity contribution is 5.79. The standard InChI is InChI=1S/C10H17F2NO3/c1-3-7-5-13-6-9(7,15)10(11,12)8(14)16-4-2/h7,13,15H,3-6H2,1-2H3. The van der Waals surface area contributed by atoms with Crippen LogP contribution < -0.4 is 5.32 Å². The minimum absolute atomic E-state index is 0.130. The van der Waals surface area contributed by atoms with Gasteiger partial charge < -0.3 is 15.2 Å². The monoisotopic (exact) mass is 237 g/mol. The zero-order valence-corrected chi connectivity index (χ0v) is 9.43. The van der Waals surface area contributed by atoms with Gasteiger partial charge >= 0.3 is 11.9 Å². The lowest BCUT2D eigenvalue weighted by molar-refractivity contribution is -0.218. The number of β-amino-alcohol motifs (C(OH)–C–C–N with tert-alkyl or cyclic N) is 1. The summed E-state index contributed by atoms with van der Waals surface area (Å²) in [7, 11) is 0. The van der Waals surface area contributed by atoms with E-state index in [0.29, 0.717) is 6.42 Å². The van der Waals surface area contributed by atoms with E-state index in [1.165, 1.54) is 6.92 Å². The molecule has 0 radical (unpaired) electrons. The van der Waals surface area contributed by atoms with E-state index in [4.69, 9.17) is 0 Å². The highest BCUT2D eigenvalue weighted by atomic mass is 19.3. The van der Waals surface area contributed by atoms with Crippen LogP contribution in [0.5, 0.6) is 0 Å². The first kappa shape index (κ1) is 13.3. The van der Waals surface area contributed by atoms with Gasteiger partial charge in [0, 0.05) is 19.0 Å². The van der Waals surface area contributed by atoms with Crippen LogP contribution in [0, 0.1) is 5.92 Å². The molecule has 1 rings (SSSR count). The number of aliphatic hydroxyl groups is 1. The Bertz CT molecular complexity index is 273. The number of nitrogens with one attached hydrogen (secondary N) is 1. The predicted molar refractivity (Wildman–Crippen MR) is 53.2 cm³/mol. The van der Waals surface area contributed by atoms with Gasteiger partial charge in [0.2, 0.25) is 0 Å². The summed E-state index contributed by atoms with van der Waals surface area (Å²) in [6.07, 6.45) is 0.374. The van der Waals surface area contributed by atoms with Crippen LogP contribution in [-0.4, -0.2) is 42.3 Å². The van der Waals surface area contributed by atoms with Gasteiger partial charge in [-0.3, -0.25) is 0 Å². The average molecular weight is 237 g/mol. The van der Waals surface area contributed by atoms with Crippen molar-refractivity contribution in [1.82, 2.24) is 5.32 Å². The third kappa shape index (κ3) is 1.91. The topological polar surface area (TPSA) is 58.6 Å². The number of hydrogen-bond donors (Lipinski definition) is 2. The zero-order chi connectivity index (χ0) is 12.4. The summed E-state index contributed by atoms with van der Waals surface area (Å²) in [4.78, 5) is 11.2. The number of esters is 1. The molecule has 0 spiro atoms. The lowest BCUT2D eigenvalue weighted by atomic mass is 9.83. The van der Waals surface area contributed by atoms with E-state index in [2.05, 4.69) is 10.1 Å². The minimum atomic E-state index is -3.87. The number of rotatable bonds is 4. The Hall–Kier alpha value is -0.750. The first-order valence-electron chi connectivity index (χ1n) is 5.38. The normalized spacial score (nSPS) is 30.4. The first-order valence-corrected chi connectivity index (χ1v) is 5.38. The summed E-state index contributed by atoms with van der Waals surface area (Å²) in [6, 6.07) is 0. The fraction of sp³-hybridized carbons (Fsp3) is 0.900. The van der Waals surface area contributed by atoms with Crippen LogP contribution in [0.25, 0.3) is 0 Å². The summed E-state index contributed by atoms with van der Waals surface area (Å²) in [5.41, 5.74) is -2.34. The van der Waals surface area contributed by atoms with Crippen LogP contribution in [0.3, 0.4) is 0 Å². The molecule has 16 heavy (non-hydrogen) atoms. The second kappa shape index (κ2) is 4.63. The molecule has 0 aliphatic carbocycles. The molecule has 0 saturated carbocycles. The number of hydrogen-bond acceptors (Lipinski definition) is 4. The first-order chi connectivity index (χ1) is 7.40. The van der Waals surface area contributed by atoms with E-state index in [-0.39, 0.29) is 19.7 Å². The molecule has 0 aromatic heterocycles. The largest absolute Gasteiger partial charge is 0.461 e. The molecular formula is C10H17F2NO3. The number of carbonyl (C=O) groups is 1. The Labute approximate surface area is 93.0 Å². The van der Waals surface area contributed by atoms with Gasteiger partial charge in [-0.05, 0) is 13.3 Å². The minimum Gasteiger partial charge on any atom is -0.461 e. The van der Waals surface area contributed by atoms with Crippen LogP contribution in [0.1, 0.15) is 20.3 Å². The van der Waals surface area contributed by atoms with E-state index in [0.717, 1.165) is 0 Å². The van der Waals surface area contributed by atoms with Gasteiger partial charge in [-0.15, -0.1) is 0 Å². The second-order valence-corrected chi connectivity index (χ2v) is 3.96. The molecule has 1 fully saturated rings. The van der Waals surface area contributed by atoms with Gasteiger partial charge in [0.25, 0.3) is 0 Å². The maximum Gasteiger partial charge on any atom is 0.380 e. The highest BCUT2D eigenvalue weighted by Crippen LogP contribution is 2.39. The number of ether oxygens (including phenoxy) is 1. The average Bonchev–Trinajstić information content (AvgIpc) is 2.61. The van der Waals surface area contributed by atoms with Crippen molar-refractivity contribution < 1.29 is 23.4 Å². The van der Waals surface area contributed by atoms with Crippen LogP contribution >= 0.6 is 0 Å². The van der Waals surface area contributed by atoms with Crippen molar-refractivity contribution in [3.63, 3.8) is 0 Å². The molecule has 0 aromatic rings. The smallest absolute Gasteiger partial charge is 0.380 e. The van der Waals surface area contributed by atoms with Crippen molar-refractivity contribution in [2.24, 2.45) is 5.92 Å². The Morgan fingerprint density at radius 3 is 2.75 bits per heavy atom. The Morgan fingerprint density at radius 1 is 1.62 bits per heavy atom. The van der Waals surface area contributed by atoms with E-state index in [1.54, 1.807) is 6.92 Å². The zero-order valence-electron chi connectivity index (χ0n) is 9.43. The van der Waals surface area contributed by atoms with Crippen molar-refractivity contribution in [3.05, 3.63) is 0 Å².